The fourth-order valence-electron chi connectivity index (χ4n) is 3.07. The zero-order chi connectivity index (χ0) is 18.3. The number of nitrogen functional groups attached to an aromatic ring is 1. The molecule has 132 valence electrons. The zero-order valence-corrected chi connectivity index (χ0v) is 14.5. The first-order chi connectivity index (χ1) is 12.5. The number of pyridine rings is 1. The molecule has 0 atom stereocenters. The highest BCUT2D eigenvalue weighted by Crippen LogP contribution is 2.35. The number of benzene rings is 1. The van der Waals surface area contributed by atoms with Gasteiger partial charge >= 0.3 is 0 Å². The van der Waals surface area contributed by atoms with Crippen LogP contribution in [0.3, 0.4) is 0 Å². The number of anilines is 1. The van der Waals surface area contributed by atoms with Crippen molar-refractivity contribution in [2.24, 2.45) is 7.05 Å². The van der Waals surface area contributed by atoms with Crippen LogP contribution in [0.4, 0.5) is 5.69 Å². The zero-order valence-electron chi connectivity index (χ0n) is 14.5. The van der Waals surface area contributed by atoms with E-state index in [0.29, 0.717) is 23.6 Å². The molecule has 0 saturated carbocycles. The van der Waals surface area contributed by atoms with Gasteiger partial charge in [-0.2, -0.15) is 5.10 Å². The first-order valence-electron chi connectivity index (χ1n) is 8.23. The van der Waals surface area contributed by atoms with Crippen molar-refractivity contribution < 1.29 is 4.74 Å². The Morgan fingerprint density at radius 1 is 1.23 bits per heavy atom. The molecular formula is C19H19N5O2. The second kappa shape index (κ2) is 6.11. The topological polar surface area (TPSA) is 102 Å². The Balaban J connectivity index is 1.81. The fourth-order valence-corrected chi connectivity index (χ4v) is 3.07. The van der Waals surface area contributed by atoms with Crippen LogP contribution in [-0.2, 0) is 13.7 Å². The van der Waals surface area contributed by atoms with Gasteiger partial charge < -0.3 is 20.0 Å². The van der Waals surface area contributed by atoms with Crippen LogP contribution in [0.5, 0.6) is 5.75 Å². The summed E-state index contributed by atoms with van der Waals surface area (Å²) in [5, 5.41) is 7.88. The third-order valence-electron chi connectivity index (χ3n) is 4.33. The van der Waals surface area contributed by atoms with Crippen LogP contribution >= 0.6 is 0 Å². The molecule has 26 heavy (non-hydrogen) atoms. The van der Waals surface area contributed by atoms with Crippen molar-refractivity contribution in [3.63, 3.8) is 0 Å². The monoisotopic (exact) mass is 349 g/mol. The van der Waals surface area contributed by atoms with Crippen molar-refractivity contribution in [2.45, 2.75) is 13.5 Å². The van der Waals surface area contributed by atoms with E-state index in [0.717, 1.165) is 27.9 Å². The Hall–Kier alpha value is -3.48. The lowest BCUT2D eigenvalue weighted by molar-refractivity contribution is 0.302. The van der Waals surface area contributed by atoms with E-state index >= 15 is 0 Å². The van der Waals surface area contributed by atoms with Gasteiger partial charge in [0.25, 0.3) is 5.56 Å². The molecule has 4 N–H and O–H groups in total. The molecule has 0 saturated heterocycles. The third kappa shape index (κ3) is 2.73. The second-order valence-corrected chi connectivity index (χ2v) is 6.30. The lowest BCUT2D eigenvalue weighted by atomic mass is 10.0. The molecule has 3 aromatic heterocycles. The van der Waals surface area contributed by atoms with Gasteiger partial charge in [-0.05, 0) is 37.3 Å². The van der Waals surface area contributed by atoms with Crippen molar-refractivity contribution in [3.8, 4) is 16.9 Å². The number of nitrogens with two attached hydrogens (primary N) is 1. The summed E-state index contributed by atoms with van der Waals surface area (Å²) < 4.78 is 7.57. The average Bonchev–Trinajstić information content (AvgIpc) is 3.26. The summed E-state index contributed by atoms with van der Waals surface area (Å²) in [5.74, 6) is 0.688. The molecule has 0 aliphatic carbocycles. The maximum atomic E-state index is 12.3. The van der Waals surface area contributed by atoms with E-state index < -0.39 is 0 Å². The van der Waals surface area contributed by atoms with Crippen LogP contribution in [0.2, 0.25) is 0 Å². The normalized spacial score (nSPS) is 11.2. The maximum absolute atomic E-state index is 12.3. The second-order valence-electron chi connectivity index (χ2n) is 6.30. The Kier molecular flexibility index (Phi) is 3.76. The average molecular weight is 349 g/mol. The molecule has 0 amide bonds. The van der Waals surface area contributed by atoms with Crippen LogP contribution in [0.1, 0.15) is 11.4 Å². The van der Waals surface area contributed by atoms with Gasteiger partial charge in [-0.1, -0.05) is 0 Å². The van der Waals surface area contributed by atoms with Crippen molar-refractivity contribution in [1.29, 1.82) is 0 Å². The van der Waals surface area contributed by atoms with Gasteiger partial charge in [0.2, 0.25) is 0 Å². The van der Waals surface area contributed by atoms with Gasteiger partial charge in [-0.25, -0.2) is 0 Å². The molecular weight excluding hydrogens is 330 g/mol. The van der Waals surface area contributed by atoms with Crippen LogP contribution in [-0.4, -0.2) is 19.7 Å². The molecule has 0 aliphatic rings. The number of hydrogen-bond acceptors (Lipinski definition) is 4. The van der Waals surface area contributed by atoms with Gasteiger partial charge in [0.1, 0.15) is 17.9 Å². The molecule has 0 spiro atoms. The standard InChI is InChI=1S/C19H19N5O2/c1-11-7-13(23-22-11)10-26-17-4-3-12(20)8-15(17)16-9-24(2)19(25)18-14(16)5-6-21-18/h3-9,21H,10,20H2,1-2H3,(H,22,23). The number of aromatic nitrogens is 4. The van der Waals surface area contributed by atoms with Gasteiger partial charge in [-0.3, -0.25) is 9.89 Å². The lowest BCUT2D eigenvalue weighted by Crippen LogP contribution is -2.16. The van der Waals surface area contributed by atoms with Gasteiger partial charge in [-0.15, -0.1) is 0 Å². The van der Waals surface area contributed by atoms with Crippen molar-refractivity contribution >= 4 is 16.6 Å². The molecule has 0 bridgehead atoms. The minimum Gasteiger partial charge on any atom is -0.487 e. The molecule has 7 heteroatoms. The summed E-state index contributed by atoms with van der Waals surface area (Å²) in [6, 6.07) is 9.33. The highest BCUT2D eigenvalue weighted by molar-refractivity contribution is 5.96. The van der Waals surface area contributed by atoms with Crippen molar-refractivity contribution in [2.75, 3.05) is 5.73 Å². The van der Waals surface area contributed by atoms with E-state index in [9.17, 15) is 4.79 Å². The largest absolute Gasteiger partial charge is 0.487 e. The molecule has 0 unspecified atom stereocenters. The van der Waals surface area contributed by atoms with Crippen molar-refractivity contribution in [3.05, 3.63) is 64.5 Å². The Morgan fingerprint density at radius 3 is 2.85 bits per heavy atom. The number of aromatic amines is 2. The van der Waals surface area contributed by atoms with E-state index in [2.05, 4.69) is 15.2 Å². The fraction of sp³-hybridized carbons (Fsp3) is 0.158. The minimum absolute atomic E-state index is 0.0759. The first kappa shape index (κ1) is 16.0. The van der Waals surface area contributed by atoms with Crippen LogP contribution in [0, 0.1) is 6.92 Å². The highest BCUT2D eigenvalue weighted by Gasteiger charge is 2.15. The third-order valence-corrected chi connectivity index (χ3v) is 4.33. The summed E-state index contributed by atoms with van der Waals surface area (Å²) in [6.07, 6.45) is 3.57. The summed E-state index contributed by atoms with van der Waals surface area (Å²) in [6.45, 7) is 2.28. The number of fused-ring (bicyclic) bond motifs is 1. The SMILES string of the molecule is Cc1cc(COc2ccc(N)cc2-c2cn(C)c(=O)c3[nH]ccc23)[nH]n1. The minimum atomic E-state index is -0.0759. The molecule has 4 rings (SSSR count). The summed E-state index contributed by atoms with van der Waals surface area (Å²) in [4.78, 5) is 15.3. The maximum Gasteiger partial charge on any atom is 0.274 e. The van der Waals surface area contributed by atoms with E-state index in [4.69, 9.17) is 10.5 Å². The van der Waals surface area contributed by atoms with Gasteiger partial charge in [0.05, 0.1) is 11.4 Å². The van der Waals surface area contributed by atoms with Crippen molar-refractivity contribution in [1.82, 2.24) is 19.7 Å². The number of rotatable bonds is 4. The number of hydrogen-bond donors (Lipinski definition) is 3. The smallest absolute Gasteiger partial charge is 0.274 e. The Labute approximate surface area is 149 Å². The van der Waals surface area contributed by atoms with Gasteiger partial charge in [0.15, 0.2) is 0 Å². The number of nitrogens with zero attached hydrogens (tertiary/aromatic N) is 2. The molecule has 0 aliphatic heterocycles. The molecule has 4 aromatic rings. The lowest BCUT2D eigenvalue weighted by Gasteiger charge is -2.14. The number of aryl methyl sites for hydroxylation is 2. The summed E-state index contributed by atoms with van der Waals surface area (Å²) in [5.41, 5.74) is 10.6. The summed E-state index contributed by atoms with van der Waals surface area (Å²) >= 11 is 0. The predicted octanol–water partition coefficient (Wildman–Crippen LogP) is 2.73. The molecule has 7 nitrogen and oxygen atoms in total. The number of ether oxygens (including phenoxy) is 1. The quantitative estimate of drug-likeness (QED) is 0.493. The van der Waals surface area contributed by atoms with Crippen LogP contribution in [0.25, 0.3) is 22.0 Å². The number of nitrogens with one attached hydrogen (secondary N) is 2. The van der Waals surface area contributed by atoms with E-state index in [1.54, 1.807) is 30.1 Å². The van der Waals surface area contributed by atoms with Crippen LogP contribution in [0.15, 0.2) is 47.5 Å². The molecule has 0 radical (unpaired) electrons. The molecule has 3 heterocycles. The molecule has 1 aromatic carbocycles. The molecule has 0 fully saturated rings. The number of H-pyrrole nitrogens is 2. The predicted molar refractivity (Wildman–Crippen MR) is 101 cm³/mol. The highest BCUT2D eigenvalue weighted by atomic mass is 16.5. The Morgan fingerprint density at radius 2 is 2.08 bits per heavy atom. The van der Waals surface area contributed by atoms with E-state index in [1.807, 2.05) is 31.2 Å². The van der Waals surface area contributed by atoms with E-state index in [1.165, 1.54) is 0 Å². The van der Waals surface area contributed by atoms with E-state index in [-0.39, 0.29) is 5.56 Å². The Bertz CT molecular complexity index is 1150. The van der Waals surface area contributed by atoms with Crippen LogP contribution < -0.4 is 16.0 Å². The first-order valence-corrected chi connectivity index (χ1v) is 8.23. The summed E-state index contributed by atoms with van der Waals surface area (Å²) in [7, 11) is 1.73. The van der Waals surface area contributed by atoms with Gasteiger partial charge in [0, 0.05) is 41.6 Å².